The average Bonchev–Trinajstić information content (AvgIpc) is 2.39. The van der Waals surface area contributed by atoms with Gasteiger partial charge in [0.2, 0.25) is 0 Å². The van der Waals surface area contributed by atoms with Crippen LogP contribution in [0.2, 0.25) is 0 Å². The van der Waals surface area contributed by atoms with Gasteiger partial charge in [-0.2, -0.15) is 0 Å². The molecule has 0 aromatic carbocycles. The Balaban J connectivity index is 4.43. The van der Waals surface area contributed by atoms with Crippen LogP contribution in [0, 0.1) is 0 Å². The second-order valence-electron chi connectivity index (χ2n) is 4.76. The van der Waals surface area contributed by atoms with Crippen LogP contribution >= 0.6 is 0 Å². The second-order valence-corrected chi connectivity index (χ2v) is 4.76. The lowest BCUT2D eigenvalue weighted by atomic mass is 9.97. The van der Waals surface area contributed by atoms with Crippen molar-refractivity contribution in [1.29, 1.82) is 0 Å². The molecule has 0 bridgehead atoms. The van der Waals surface area contributed by atoms with Crippen LogP contribution in [-0.4, -0.2) is 62.9 Å². The Hall–Kier alpha value is -0.650. The summed E-state index contributed by atoms with van der Waals surface area (Å²) >= 11 is 0. The van der Waals surface area contributed by atoms with Gasteiger partial charge in [-0.15, -0.1) is 0 Å². The molecule has 0 aliphatic heterocycles. The van der Waals surface area contributed by atoms with Gasteiger partial charge < -0.3 is 19.7 Å². The van der Waals surface area contributed by atoms with Gasteiger partial charge in [0.1, 0.15) is 5.54 Å². The van der Waals surface area contributed by atoms with Gasteiger partial charge in [-0.05, 0) is 33.4 Å². The minimum Gasteiger partial charge on any atom is -0.465 e. The maximum Gasteiger partial charge on any atom is 0.326 e. The SMILES string of the molecule is CCNC(C)(CCN(CC)CCOC)C(=O)OCC. The first-order chi connectivity index (χ1) is 9.03. The number of hydrogen-bond donors (Lipinski definition) is 1. The van der Waals surface area contributed by atoms with Crippen molar-refractivity contribution in [3.63, 3.8) is 0 Å². The molecular formula is C14H30N2O3. The molecule has 0 fully saturated rings. The van der Waals surface area contributed by atoms with Gasteiger partial charge in [0.05, 0.1) is 13.2 Å². The van der Waals surface area contributed by atoms with Crippen molar-refractivity contribution in [3.8, 4) is 0 Å². The molecule has 0 aliphatic rings. The van der Waals surface area contributed by atoms with E-state index in [9.17, 15) is 4.79 Å². The van der Waals surface area contributed by atoms with Crippen molar-refractivity contribution in [3.05, 3.63) is 0 Å². The largest absolute Gasteiger partial charge is 0.465 e. The number of rotatable bonds is 11. The number of carbonyl (C=O) groups excluding carboxylic acids is 1. The van der Waals surface area contributed by atoms with E-state index in [0.717, 1.165) is 32.6 Å². The minimum absolute atomic E-state index is 0.167. The fourth-order valence-corrected chi connectivity index (χ4v) is 1.97. The van der Waals surface area contributed by atoms with Crippen molar-refractivity contribution >= 4 is 5.97 Å². The zero-order valence-corrected chi connectivity index (χ0v) is 13.1. The Morgan fingerprint density at radius 1 is 1.26 bits per heavy atom. The number of nitrogens with one attached hydrogen (secondary N) is 1. The molecule has 0 aromatic heterocycles. The van der Waals surface area contributed by atoms with Crippen LogP contribution in [0.4, 0.5) is 0 Å². The summed E-state index contributed by atoms with van der Waals surface area (Å²) in [4.78, 5) is 14.3. The Labute approximate surface area is 117 Å². The van der Waals surface area contributed by atoms with Crippen molar-refractivity contribution in [2.45, 2.75) is 39.7 Å². The fourth-order valence-electron chi connectivity index (χ4n) is 1.97. The predicted molar refractivity (Wildman–Crippen MR) is 77.3 cm³/mol. The number of hydrogen-bond acceptors (Lipinski definition) is 5. The van der Waals surface area contributed by atoms with Gasteiger partial charge in [0, 0.05) is 20.2 Å². The van der Waals surface area contributed by atoms with Crippen molar-refractivity contribution < 1.29 is 14.3 Å². The van der Waals surface area contributed by atoms with E-state index in [2.05, 4.69) is 17.1 Å². The van der Waals surface area contributed by atoms with E-state index in [1.54, 1.807) is 7.11 Å². The van der Waals surface area contributed by atoms with E-state index in [1.807, 2.05) is 20.8 Å². The molecule has 0 saturated carbocycles. The van der Waals surface area contributed by atoms with Gasteiger partial charge in [-0.3, -0.25) is 4.79 Å². The maximum atomic E-state index is 12.0. The minimum atomic E-state index is -0.606. The van der Waals surface area contributed by atoms with Crippen LogP contribution in [0.5, 0.6) is 0 Å². The van der Waals surface area contributed by atoms with E-state index >= 15 is 0 Å². The topological polar surface area (TPSA) is 50.8 Å². The van der Waals surface area contributed by atoms with Crippen molar-refractivity contribution in [2.24, 2.45) is 0 Å². The third kappa shape index (κ3) is 6.89. The Morgan fingerprint density at radius 2 is 1.95 bits per heavy atom. The molecule has 5 heteroatoms. The highest BCUT2D eigenvalue weighted by Gasteiger charge is 2.33. The molecule has 114 valence electrons. The van der Waals surface area contributed by atoms with Gasteiger partial charge >= 0.3 is 5.97 Å². The molecule has 0 aromatic rings. The molecule has 1 N–H and O–H groups in total. The Kier molecular flexibility index (Phi) is 9.83. The number of esters is 1. The van der Waals surface area contributed by atoms with Crippen LogP contribution in [-0.2, 0) is 14.3 Å². The van der Waals surface area contributed by atoms with Crippen molar-refractivity contribution in [1.82, 2.24) is 10.2 Å². The van der Waals surface area contributed by atoms with E-state index in [-0.39, 0.29) is 5.97 Å². The molecule has 0 spiro atoms. The average molecular weight is 274 g/mol. The summed E-state index contributed by atoms with van der Waals surface area (Å²) in [7, 11) is 1.70. The van der Waals surface area contributed by atoms with Gasteiger partial charge in [0.15, 0.2) is 0 Å². The van der Waals surface area contributed by atoms with E-state index in [0.29, 0.717) is 13.2 Å². The van der Waals surface area contributed by atoms with E-state index in [4.69, 9.17) is 9.47 Å². The maximum absolute atomic E-state index is 12.0. The normalized spacial score (nSPS) is 14.4. The van der Waals surface area contributed by atoms with Gasteiger partial charge in [0.25, 0.3) is 0 Å². The highest BCUT2D eigenvalue weighted by atomic mass is 16.5. The Morgan fingerprint density at radius 3 is 2.42 bits per heavy atom. The molecule has 1 unspecified atom stereocenters. The summed E-state index contributed by atoms with van der Waals surface area (Å²) < 4.78 is 10.3. The molecule has 0 rings (SSSR count). The molecule has 0 aliphatic carbocycles. The van der Waals surface area contributed by atoms with Crippen LogP contribution in [0.3, 0.4) is 0 Å². The highest BCUT2D eigenvalue weighted by Crippen LogP contribution is 2.13. The number of likely N-dealkylation sites (N-methyl/N-ethyl adjacent to an activating group) is 2. The number of carbonyl (C=O) groups is 1. The highest BCUT2D eigenvalue weighted by molar-refractivity contribution is 5.80. The molecule has 5 nitrogen and oxygen atoms in total. The first-order valence-corrected chi connectivity index (χ1v) is 7.17. The summed E-state index contributed by atoms with van der Waals surface area (Å²) in [5.41, 5.74) is -0.606. The Bertz CT molecular complexity index is 249. The van der Waals surface area contributed by atoms with Gasteiger partial charge in [-0.1, -0.05) is 13.8 Å². The predicted octanol–water partition coefficient (Wildman–Crippen LogP) is 1.28. The lowest BCUT2D eigenvalue weighted by molar-refractivity contribution is -0.151. The molecule has 0 amide bonds. The van der Waals surface area contributed by atoms with Crippen LogP contribution in [0.1, 0.15) is 34.1 Å². The lowest BCUT2D eigenvalue weighted by Crippen LogP contribution is -2.52. The van der Waals surface area contributed by atoms with Crippen LogP contribution < -0.4 is 5.32 Å². The molecule has 1 atom stereocenters. The second kappa shape index (κ2) is 10.2. The first kappa shape index (κ1) is 18.4. The number of methoxy groups -OCH3 is 1. The summed E-state index contributed by atoms with van der Waals surface area (Å²) in [6.45, 7) is 12.4. The van der Waals surface area contributed by atoms with E-state index < -0.39 is 5.54 Å². The van der Waals surface area contributed by atoms with E-state index in [1.165, 1.54) is 0 Å². The van der Waals surface area contributed by atoms with Crippen molar-refractivity contribution in [2.75, 3.05) is 46.5 Å². The fraction of sp³-hybridized carbons (Fsp3) is 0.929. The molecule has 0 heterocycles. The van der Waals surface area contributed by atoms with Crippen LogP contribution in [0.15, 0.2) is 0 Å². The van der Waals surface area contributed by atoms with Gasteiger partial charge in [-0.25, -0.2) is 0 Å². The third-order valence-electron chi connectivity index (χ3n) is 3.28. The number of nitrogens with zero attached hydrogens (tertiary/aromatic N) is 1. The quantitative estimate of drug-likeness (QED) is 0.575. The zero-order valence-electron chi connectivity index (χ0n) is 13.1. The lowest BCUT2D eigenvalue weighted by Gasteiger charge is -2.31. The molecule has 0 radical (unpaired) electrons. The summed E-state index contributed by atoms with van der Waals surface area (Å²) in [6, 6.07) is 0. The molecular weight excluding hydrogens is 244 g/mol. The number of ether oxygens (including phenoxy) is 2. The zero-order chi connectivity index (χ0) is 14.7. The summed E-state index contributed by atoms with van der Waals surface area (Å²) in [5, 5.41) is 3.25. The smallest absolute Gasteiger partial charge is 0.326 e. The summed E-state index contributed by atoms with van der Waals surface area (Å²) in [6.07, 6.45) is 0.733. The summed E-state index contributed by atoms with van der Waals surface area (Å²) in [5.74, 6) is -0.167. The standard InChI is InChI=1S/C14H30N2O3/c1-6-15-14(4,13(17)19-8-3)9-10-16(7-2)11-12-18-5/h15H,6-12H2,1-5H3. The molecule has 0 saturated heterocycles. The third-order valence-corrected chi connectivity index (χ3v) is 3.28. The van der Waals surface area contributed by atoms with Crippen LogP contribution in [0.25, 0.3) is 0 Å². The first-order valence-electron chi connectivity index (χ1n) is 7.17. The molecule has 19 heavy (non-hydrogen) atoms. The monoisotopic (exact) mass is 274 g/mol.